The lowest BCUT2D eigenvalue weighted by molar-refractivity contribution is 0.414. The number of anilines is 2. The molecule has 0 radical (unpaired) electrons. The van der Waals surface area contributed by atoms with Gasteiger partial charge >= 0.3 is 0 Å². The number of hydrogen-bond acceptors (Lipinski definition) is 6. The van der Waals surface area contributed by atoms with Crippen molar-refractivity contribution in [1.29, 1.82) is 0 Å². The summed E-state index contributed by atoms with van der Waals surface area (Å²) in [4.78, 5) is 16.5. The highest BCUT2D eigenvalue weighted by Crippen LogP contribution is 2.32. The molecule has 0 atom stereocenters. The first-order valence-electron chi connectivity index (χ1n) is 13.3. The first-order chi connectivity index (χ1) is 20.1. The molecule has 0 aliphatic heterocycles. The first-order valence-corrected chi connectivity index (χ1v) is 13.3. The zero-order valence-electron chi connectivity index (χ0n) is 23.0. The number of ether oxygens (including phenoxy) is 1. The van der Waals surface area contributed by atoms with Crippen LogP contribution < -0.4 is 15.4 Å². The molecule has 7 heteroatoms. The van der Waals surface area contributed by atoms with E-state index in [0.717, 1.165) is 62.8 Å². The zero-order chi connectivity index (χ0) is 28.3. The highest BCUT2D eigenvalue weighted by Gasteiger charge is 2.19. The summed E-state index contributed by atoms with van der Waals surface area (Å²) >= 11 is 0. The van der Waals surface area contributed by atoms with Crippen molar-refractivity contribution in [3.63, 3.8) is 0 Å². The van der Waals surface area contributed by atoms with Crippen LogP contribution in [-0.2, 0) is 6.54 Å². The number of benzene rings is 3. The minimum Gasteiger partial charge on any atom is -0.496 e. The Bertz CT molecular complexity index is 1840. The van der Waals surface area contributed by atoms with Crippen molar-refractivity contribution in [2.24, 2.45) is 0 Å². The lowest BCUT2D eigenvalue weighted by Crippen LogP contribution is -2.16. The standard InChI is InChI=1S/C34H30N6O/c1-4-24-21-27(16-19-31(24)41-3)39(2)22-23-12-14-26(15-13-23)40-33(28-11-8-20-36-32(28)35)38-30-18-17-29(37-34(30)40)25-9-6-5-7-10-25/h4-21H,1,22H2,2-3H3,(H2,35,36). The summed E-state index contributed by atoms with van der Waals surface area (Å²) in [5, 5.41) is 0. The van der Waals surface area contributed by atoms with Gasteiger partial charge < -0.3 is 15.4 Å². The van der Waals surface area contributed by atoms with Crippen molar-refractivity contribution < 1.29 is 4.74 Å². The molecule has 3 aromatic carbocycles. The Labute approximate surface area is 239 Å². The third kappa shape index (κ3) is 5.01. The number of fused-ring (bicyclic) bond motifs is 1. The van der Waals surface area contributed by atoms with E-state index in [0.29, 0.717) is 11.6 Å². The second kappa shape index (κ2) is 11.0. The fourth-order valence-electron chi connectivity index (χ4n) is 4.99. The van der Waals surface area contributed by atoms with E-state index in [1.165, 1.54) is 0 Å². The van der Waals surface area contributed by atoms with Gasteiger partial charge in [0.2, 0.25) is 0 Å². The predicted octanol–water partition coefficient (Wildman–Crippen LogP) is 7.02. The SMILES string of the molecule is C=Cc1cc(N(C)Cc2ccc(-n3c(-c4cccnc4N)nc4ccc(-c5ccccc5)nc43)cc2)ccc1OC. The summed E-state index contributed by atoms with van der Waals surface area (Å²) < 4.78 is 7.49. The molecule has 2 N–H and O–H groups in total. The molecule has 0 saturated carbocycles. The highest BCUT2D eigenvalue weighted by molar-refractivity contribution is 5.84. The fraction of sp³-hybridized carbons (Fsp3) is 0.0882. The smallest absolute Gasteiger partial charge is 0.165 e. The monoisotopic (exact) mass is 538 g/mol. The number of nitrogens with zero attached hydrogens (tertiary/aromatic N) is 5. The number of aromatic nitrogens is 4. The summed E-state index contributed by atoms with van der Waals surface area (Å²) in [5.74, 6) is 1.93. The Morgan fingerprint density at radius 1 is 0.927 bits per heavy atom. The number of nitrogen functional groups attached to an aromatic ring is 1. The maximum atomic E-state index is 6.31. The van der Waals surface area contributed by atoms with Crippen molar-refractivity contribution >= 4 is 28.7 Å². The summed E-state index contributed by atoms with van der Waals surface area (Å²) in [6.45, 7) is 4.64. The lowest BCUT2D eigenvalue weighted by atomic mass is 10.1. The maximum Gasteiger partial charge on any atom is 0.165 e. The van der Waals surface area contributed by atoms with E-state index in [2.05, 4.69) is 76.6 Å². The van der Waals surface area contributed by atoms with E-state index in [-0.39, 0.29) is 0 Å². The van der Waals surface area contributed by atoms with Crippen molar-refractivity contribution in [1.82, 2.24) is 19.5 Å². The molecular formula is C34H30N6O. The number of hydrogen-bond donors (Lipinski definition) is 1. The van der Waals surface area contributed by atoms with Crippen molar-refractivity contribution in [2.75, 3.05) is 24.8 Å². The highest BCUT2D eigenvalue weighted by atomic mass is 16.5. The number of nitrogens with two attached hydrogens (primary N) is 1. The third-order valence-corrected chi connectivity index (χ3v) is 7.14. The zero-order valence-corrected chi connectivity index (χ0v) is 23.0. The number of imidazole rings is 1. The van der Waals surface area contributed by atoms with E-state index >= 15 is 0 Å². The Morgan fingerprint density at radius 2 is 1.73 bits per heavy atom. The van der Waals surface area contributed by atoms with Gasteiger partial charge in [0, 0.05) is 42.3 Å². The number of methoxy groups -OCH3 is 1. The molecular weight excluding hydrogens is 508 g/mol. The molecule has 6 aromatic rings. The molecule has 3 heterocycles. The van der Waals surface area contributed by atoms with E-state index in [4.69, 9.17) is 20.4 Å². The molecule has 0 spiro atoms. The van der Waals surface area contributed by atoms with Gasteiger partial charge in [0.15, 0.2) is 11.5 Å². The molecule has 202 valence electrons. The molecule has 0 amide bonds. The van der Waals surface area contributed by atoms with E-state index in [9.17, 15) is 0 Å². The van der Waals surface area contributed by atoms with Gasteiger partial charge in [-0.1, -0.05) is 55.1 Å². The van der Waals surface area contributed by atoms with Crippen LogP contribution in [0.2, 0.25) is 0 Å². The topological polar surface area (TPSA) is 82.1 Å². The molecule has 6 rings (SSSR count). The molecule has 0 aliphatic carbocycles. The minimum atomic E-state index is 0.420. The van der Waals surface area contributed by atoms with E-state index in [1.807, 2.05) is 54.6 Å². The predicted molar refractivity (Wildman–Crippen MR) is 167 cm³/mol. The number of pyridine rings is 2. The normalized spacial score (nSPS) is 11.0. The lowest BCUT2D eigenvalue weighted by Gasteiger charge is -2.21. The van der Waals surface area contributed by atoms with Crippen molar-refractivity contribution in [3.8, 4) is 34.1 Å². The second-order valence-corrected chi connectivity index (χ2v) is 9.77. The van der Waals surface area contributed by atoms with Gasteiger partial charge in [-0.25, -0.2) is 15.0 Å². The Balaban J connectivity index is 1.39. The Hall–Kier alpha value is -5.43. The molecule has 0 aliphatic rings. The first kappa shape index (κ1) is 25.8. The summed E-state index contributed by atoms with van der Waals surface area (Å²) in [6.07, 6.45) is 3.49. The maximum absolute atomic E-state index is 6.31. The summed E-state index contributed by atoms with van der Waals surface area (Å²) in [7, 11) is 3.74. The number of rotatable bonds is 8. The van der Waals surface area contributed by atoms with Gasteiger partial charge in [0.25, 0.3) is 0 Å². The van der Waals surface area contributed by atoms with Crippen molar-refractivity contribution in [2.45, 2.75) is 6.54 Å². The Morgan fingerprint density at radius 3 is 2.46 bits per heavy atom. The molecule has 3 aromatic heterocycles. The van der Waals surface area contributed by atoms with Gasteiger partial charge in [-0.2, -0.15) is 0 Å². The quantitative estimate of drug-likeness (QED) is 0.224. The fourth-order valence-corrected chi connectivity index (χ4v) is 4.99. The summed E-state index contributed by atoms with van der Waals surface area (Å²) in [5.41, 5.74) is 14.7. The average Bonchev–Trinajstić information content (AvgIpc) is 3.40. The Kier molecular flexibility index (Phi) is 6.92. The average molecular weight is 539 g/mol. The summed E-state index contributed by atoms with van der Waals surface area (Å²) in [6, 6.07) is 32.5. The van der Waals surface area contributed by atoms with E-state index < -0.39 is 0 Å². The van der Waals surface area contributed by atoms with Crippen LogP contribution >= 0.6 is 0 Å². The van der Waals surface area contributed by atoms with Crippen LogP contribution in [0.4, 0.5) is 11.5 Å². The van der Waals surface area contributed by atoms with Crippen LogP contribution in [0.3, 0.4) is 0 Å². The van der Waals surface area contributed by atoms with Crippen LogP contribution in [0.5, 0.6) is 5.75 Å². The van der Waals surface area contributed by atoms with Gasteiger partial charge in [0.1, 0.15) is 17.1 Å². The molecule has 0 unspecified atom stereocenters. The molecule has 41 heavy (non-hydrogen) atoms. The molecule has 0 saturated heterocycles. The van der Waals surface area contributed by atoms with Gasteiger partial charge in [-0.05, 0) is 60.2 Å². The van der Waals surface area contributed by atoms with E-state index in [1.54, 1.807) is 13.3 Å². The van der Waals surface area contributed by atoms with Crippen LogP contribution in [0.15, 0.2) is 110 Å². The molecule has 7 nitrogen and oxygen atoms in total. The van der Waals surface area contributed by atoms with Crippen LogP contribution in [-0.4, -0.2) is 33.7 Å². The largest absolute Gasteiger partial charge is 0.496 e. The minimum absolute atomic E-state index is 0.420. The van der Waals surface area contributed by atoms with Gasteiger partial charge in [0.05, 0.1) is 18.4 Å². The van der Waals surface area contributed by atoms with Crippen LogP contribution in [0, 0.1) is 0 Å². The van der Waals surface area contributed by atoms with Crippen molar-refractivity contribution in [3.05, 3.63) is 121 Å². The second-order valence-electron chi connectivity index (χ2n) is 9.77. The molecule has 0 bridgehead atoms. The van der Waals surface area contributed by atoms with Crippen LogP contribution in [0.1, 0.15) is 11.1 Å². The van der Waals surface area contributed by atoms with Gasteiger partial charge in [-0.15, -0.1) is 0 Å². The molecule has 0 fully saturated rings. The van der Waals surface area contributed by atoms with Gasteiger partial charge in [-0.3, -0.25) is 4.57 Å². The van der Waals surface area contributed by atoms with Crippen LogP contribution in [0.25, 0.3) is 45.6 Å². The third-order valence-electron chi connectivity index (χ3n) is 7.14.